The summed E-state index contributed by atoms with van der Waals surface area (Å²) in [6.45, 7) is 0. The number of nitrogens with zero attached hydrogens (tertiary/aromatic N) is 2. The molecule has 0 radical (unpaired) electrons. The predicted octanol–water partition coefficient (Wildman–Crippen LogP) is 1.45. The minimum atomic E-state index is -0.579. The molecule has 0 aliphatic heterocycles. The van der Waals surface area contributed by atoms with Gasteiger partial charge >= 0.3 is 0 Å². The molecule has 0 saturated carbocycles. The van der Waals surface area contributed by atoms with E-state index in [0.29, 0.717) is 24.2 Å². The number of nitrogens with one attached hydrogen (secondary N) is 1. The molecule has 2 rings (SSSR count). The van der Waals surface area contributed by atoms with E-state index in [1.165, 1.54) is 12.1 Å². The van der Waals surface area contributed by atoms with Crippen molar-refractivity contribution >= 4 is 5.95 Å². The summed E-state index contributed by atoms with van der Waals surface area (Å²) in [7, 11) is 0. The topological polar surface area (TPSA) is 67.6 Å². The van der Waals surface area contributed by atoms with E-state index in [0.717, 1.165) is 6.07 Å². The molecule has 6 heteroatoms. The zero-order chi connectivity index (χ0) is 11.5. The molecule has 4 nitrogen and oxygen atoms in total. The van der Waals surface area contributed by atoms with E-state index in [2.05, 4.69) is 15.2 Å². The van der Waals surface area contributed by atoms with Gasteiger partial charge in [-0.3, -0.25) is 5.10 Å². The summed E-state index contributed by atoms with van der Waals surface area (Å²) in [5.74, 6) is -0.381. The van der Waals surface area contributed by atoms with Crippen molar-refractivity contribution < 1.29 is 8.78 Å². The second kappa shape index (κ2) is 4.26. The number of halogens is 2. The maximum absolute atomic E-state index is 13.2. The third-order valence-electron chi connectivity index (χ3n) is 2.20. The van der Waals surface area contributed by atoms with Gasteiger partial charge < -0.3 is 5.73 Å². The third-order valence-corrected chi connectivity index (χ3v) is 2.20. The number of H-pyrrole nitrogens is 1. The zero-order valence-corrected chi connectivity index (χ0v) is 8.37. The van der Waals surface area contributed by atoms with Gasteiger partial charge in [0, 0.05) is 12.5 Å². The third kappa shape index (κ3) is 2.33. The van der Waals surface area contributed by atoms with Crippen LogP contribution in [0.3, 0.4) is 0 Å². The van der Waals surface area contributed by atoms with Crippen molar-refractivity contribution in [2.24, 2.45) is 0 Å². The van der Waals surface area contributed by atoms with Crippen LogP contribution in [0.2, 0.25) is 0 Å². The molecule has 0 fully saturated rings. The van der Waals surface area contributed by atoms with Gasteiger partial charge in [0.25, 0.3) is 0 Å². The first kappa shape index (κ1) is 10.5. The lowest BCUT2D eigenvalue weighted by atomic mass is 10.1. The molecule has 0 bridgehead atoms. The Morgan fingerprint density at radius 1 is 1.25 bits per heavy atom. The van der Waals surface area contributed by atoms with Gasteiger partial charge in [0.2, 0.25) is 5.95 Å². The van der Waals surface area contributed by atoms with Crippen molar-refractivity contribution in [1.82, 2.24) is 15.2 Å². The van der Waals surface area contributed by atoms with Gasteiger partial charge in [0.15, 0.2) is 0 Å². The first-order valence-electron chi connectivity index (χ1n) is 4.76. The summed E-state index contributed by atoms with van der Waals surface area (Å²) in [6.07, 6.45) is 0.896. The van der Waals surface area contributed by atoms with Gasteiger partial charge in [-0.1, -0.05) is 6.07 Å². The fourth-order valence-electron chi connectivity index (χ4n) is 1.40. The van der Waals surface area contributed by atoms with Crippen molar-refractivity contribution in [2.45, 2.75) is 12.8 Å². The Morgan fingerprint density at radius 2 is 2.06 bits per heavy atom. The van der Waals surface area contributed by atoms with Gasteiger partial charge in [-0.05, 0) is 18.1 Å². The number of aryl methyl sites for hydroxylation is 2. The van der Waals surface area contributed by atoms with Crippen LogP contribution in [0.5, 0.6) is 0 Å². The Hall–Kier alpha value is -1.98. The van der Waals surface area contributed by atoms with E-state index in [9.17, 15) is 8.78 Å². The van der Waals surface area contributed by atoms with Crippen molar-refractivity contribution in [3.8, 4) is 0 Å². The van der Waals surface area contributed by atoms with Crippen LogP contribution in [0.4, 0.5) is 14.7 Å². The molecular formula is C10H10F2N4. The van der Waals surface area contributed by atoms with E-state index < -0.39 is 11.6 Å². The van der Waals surface area contributed by atoms with Crippen LogP contribution in [0.15, 0.2) is 18.2 Å². The molecule has 0 atom stereocenters. The fourth-order valence-corrected chi connectivity index (χ4v) is 1.40. The van der Waals surface area contributed by atoms with Gasteiger partial charge in [0.05, 0.1) is 0 Å². The standard InChI is InChI=1S/C10H10F2N4/c11-7-3-1-6(8(12)5-7)2-4-9-14-10(13)16-15-9/h1,3,5H,2,4H2,(H3,13,14,15,16). The molecule has 0 spiro atoms. The minimum Gasteiger partial charge on any atom is -0.367 e. The average Bonchev–Trinajstić information content (AvgIpc) is 2.63. The normalized spacial score (nSPS) is 10.6. The average molecular weight is 224 g/mol. The second-order valence-electron chi connectivity index (χ2n) is 3.38. The molecule has 0 amide bonds. The molecule has 16 heavy (non-hydrogen) atoms. The van der Waals surface area contributed by atoms with Crippen molar-refractivity contribution in [3.63, 3.8) is 0 Å². The minimum absolute atomic E-state index is 0.162. The molecule has 1 heterocycles. The Kier molecular flexibility index (Phi) is 2.80. The number of hydrogen-bond acceptors (Lipinski definition) is 3. The van der Waals surface area contributed by atoms with Gasteiger partial charge in [-0.25, -0.2) is 8.78 Å². The molecule has 3 N–H and O–H groups in total. The van der Waals surface area contributed by atoms with Crippen LogP contribution in [0.1, 0.15) is 11.4 Å². The summed E-state index contributed by atoms with van der Waals surface area (Å²) in [5.41, 5.74) is 5.76. The molecule has 0 saturated heterocycles. The van der Waals surface area contributed by atoms with Crippen LogP contribution < -0.4 is 5.73 Å². The van der Waals surface area contributed by atoms with E-state index in [4.69, 9.17) is 5.73 Å². The van der Waals surface area contributed by atoms with E-state index in [1.807, 2.05) is 0 Å². The van der Waals surface area contributed by atoms with Gasteiger partial charge in [0.1, 0.15) is 17.5 Å². The Bertz CT molecular complexity index is 495. The number of nitrogen functional groups attached to an aromatic ring is 1. The van der Waals surface area contributed by atoms with Crippen molar-refractivity contribution in [3.05, 3.63) is 41.2 Å². The second-order valence-corrected chi connectivity index (χ2v) is 3.38. The fraction of sp³-hybridized carbons (Fsp3) is 0.200. The van der Waals surface area contributed by atoms with E-state index >= 15 is 0 Å². The molecule has 0 unspecified atom stereocenters. The lowest BCUT2D eigenvalue weighted by Gasteiger charge is -2.01. The highest BCUT2D eigenvalue weighted by molar-refractivity contribution is 5.20. The molecule has 84 valence electrons. The lowest BCUT2D eigenvalue weighted by molar-refractivity contribution is 0.571. The van der Waals surface area contributed by atoms with Crippen molar-refractivity contribution in [2.75, 3.05) is 5.73 Å². The number of aromatic nitrogens is 3. The Morgan fingerprint density at radius 3 is 2.69 bits per heavy atom. The number of nitrogens with two attached hydrogens (primary N) is 1. The first-order chi connectivity index (χ1) is 7.65. The van der Waals surface area contributed by atoms with Crippen LogP contribution in [-0.2, 0) is 12.8 Å². The summed E-state index contributed by atoms with van der Waals surface area (Å²) in [5, 5.41) is 6.28. The Labute approximate surface area is 90.5 Å². The van der Waals surface area contributed by atoms with Crippen molar-refractivity contribution in [1.29, 1.82) is 0 Å². The molecule has 0 aliphatic rings. The SMILES string of the molecule is Nc1n[nH]c(CCc2ccc(F)cc2F)n1. The van der Waals surface area contributed by atoms with Crippen LogP contribution in [0.25, 0.3) is 0 Å². The van der Waals surface area contributed by atoms with Gasteiger partial charge in [-0.2, -0.15) is 4.98 Å². The molecule has 0 aliphatic carbocycles. The summed E-state index contributed by atoms with van der Waals surface area (Å²) in [4.78, 5) is 3.89. The van der Waals surface area contributed by atoms with E-state index in [1.54, 1.807) is 0 Å². The Balaban J connectivity index is 2.04. The van der Waals surface area contributed by atoms with Crippen LogP contribution in [0, 0.1) is 11.6 Å². The van der Waals surface area contributed by atoms with Crippen LogP contribution >= 0.6 is 0 Å². The number of anilines is 1. The largest absolute Gasteiger partial charge is 0.367 e. The van der Waals surface area contributed by atoms with E-state index in [-0.39, 0.29) is 5.95 Å². The first-order valence-corrected chi connectivity index (χ1v) is 4.76. The monoisotopic (exact) mass is 224 g/mol. The summed E-state index contributed by atoms with van der Waals surface area (Å²) in [6, 6.07) is 3.52. The van der Waals surface area contributed by atoms with Crippen LogP contribution in [-0.4, -0.2) is 15.2 Å². The molecule has 1 aromatic heterocycles. The highest BCUT2D eigenvalue weighted by Crippen LogP contribution is 2.11. The quantitative estimate of drug-likeness (QED) is 0.829. The lowest BCUT2D eigenvalue weighted by Crippen LogP contribution is -1.97. The highest BCUT2D eigenvalue weighted by atomic mass is 19.1. The summed E-state index contributed by atoms with van der Waals surface area (Å²) < 4.78 is 25.9. The smallest absolute Gasteiger partial charge is 0.239 e. The number of benzene rings is 1. The molecule has 2 aromatic rings. The number of rotatable bonds is 3. The zero-order valence-electron chi connectivity index (χ0n) is 8.37. The highest BCUT2D eigenvalue weighted by Gasteiger charge is 2.05. The predicted molar refractivity (Wildman–Crippen MR) is 54.6 cm³/mol. The number of hydrogen-bond donors (Lipinski definition) is 2. The number of aromatic amines is 1. The molecular weight excluding hydrogens is 214 g/mol. The van der Waals surface area contributed by atoms with Gasteiger partial charge in [-0.15, -0.1) is 5.10 Å². The maximum Gasteiger partial charge on any atom is 0.239 e. The maximum atomic E-state index is 13.2. The molecule has 1 aromatic carbocycles. The summed E-state index contributed by atoms with van der Waals surface area (Å²) >= 11 is 0.